The summed E-state index contributed by atoms with van der Waals surface area (Å²) in [6.07, 6.45) is 5.92. The molecule has 0 saturated heterocycles. The van der Waals surface area contributed by atoms with E-state index in [2.05, 4.69) is 18.8 Å². The van der Waals surface area contributed by atoms with Gasteiger partial charge in [-0.15, -0.1) is 0 Å². The molecule has 0 aliphatic carbocycles. The summed E-state index contributed by atoms with van der Waals surface area (Å²) in [5.74, 6) is -0.0262. The fourth-order valence-electron chi connectivity index (χ4n) is 1.40. The van der Waals surface area contributed by atoms with Crippen LogP contribution in [-0.2, 0) is 11.3 Å². The molecule has 0 amide bonds. The van der Waals surface area contributed by atoms with Gasteiger partial charge in [0.15, 0.2) is 5.16 Å². The van der Waals surface area contributed by atoms with Gasteiger partial charge >= 0.3 is 5.97 Å². The maximum atomic E-state index is 10.5. The topological polar surface area (TPSA) is 55.1 Å². The zero-order valence-electron chi connectivity index (χ0n) is 9.72. The van der Waals surface area contributed by atoms with Gasteiger partial charge in [-0.05, 0) is 18.8 Å². The summed E-state index contributed by atoms with van der Waals surface area (Å²) in [5.41, 5.74) is 0. The van der Waals surface area contributed by atoms with Crippen LogP contribution in [0.3, 0.4) is 0 Å². The zero-order chi connectivity index (χ0) is 12.0. The number of thioether (sulfide) groups is 1. The van der Waals surface area contributed by atoms with Crippen LogP contribution in [-0.4, -0.2) is 26.4 Å². The van der Waals surface area contributed by atoms with E-state index in [1.54, 1.807) is 6.20 Å². The highest BCUT2D eigenvalue weighted by Crippen LogP contribution is 2.16. The first-order valence-electron chi connectivity index (χ1n) is 5.45. The average molecular weight is 242 g/mol. The number of carboxylic acids is 1. The summed E-state index contributed by atoms with van der Waals surface area (Å²) in [6, 6.07) is 0. The highest BCUT2D eigenvalue weighted by atomic mass is 32.2. The molecule has 0 aliphatic heterocycles. The lowest BCUT2D eigenvalue weighted by Gasteiger charge is -2.07. The SMILES string of the molecule is CC(C)CCCn1ccnc1SCC(=O)O. The first-order valence-corrected chi connectivity index (χ1v) is 6.44. The van der Waals surface area contributed by atoms with E-state index in [0.29, 0.717) is 5.92 Å². The van der Waals surface area contributed by atoms with Crippen molar-refractivity contribution in [3.05, 3.63) is 12.4 Å². The Hall–Kier alpha value is -0.970. The Morgan fingerprint density at radius 1 is 1.62 bits per heavy atom. The molecule has 5 heteroatoms. The molecule has 1 aromatic rings. The van der Waals surface area contributed by atoms with Gasteiger partial charge in [0.25, 0.3) is 0 Å². The second-order valence-corrected chi connectivity index (χ2v) is 5.06. The third-order valence-corrected chi connectivity index (χ3v) is 3.17. The molecule has 1 N–H and O–H groups in total. The molecule has 0 bridgehead atoms. The van der Waals surface area contributed by atoms with Gasteiger partial charge in [0.05, 0.1) is 5.75 Å². The van der Waals surface area contributed by atoms with Crippen molar-refractivity contribution in [3.8, 4) is 0 Å². The molecule has 0 aliphatic rings. The predicted octanol–water partition coefficient (Wildman–Crippen LogP) is 2.50. The van der Waals surface area contributed by atoms with Crippen LogP contribution in [0, 0.1) is 5.92 Å². The number of nitrogens with zero attached hydrogens (tertiary/aromatic N) is 2. The third kappa shape index (κ3) is 4.70. The van der Waals surface area contributed by atoms with Gasteiger partial charge in [0.1, 0.15) is 0 Å². The van der Waals surface area contributed by atoms with Gasteiger partial charge in [-0.1, -0.05) is 25.6 Å². The molecule has 0 spiro atoms. The van der Waals surface area contributed by atoms with Crippen LogP contribution in [0.4, 0.5) is 0 Å². The number of carbonyl (C=O) groups is 1. The van der Waals surface area contributed by atoms with E-state index in [1.807, 2.05) is 10.8 Å². The van der Waals surface area contributed by atoms with Crippen LogP contribution in [0.2, 0.25) is 0 Å². The number of imidazole rings is 1. The first kappa shape index (κ1) is 13.1. The molecule has 4 nitrogen and oxygen atoms in total. The maximum Gasteiger partial charge on any atom is 0.313 e. The molecule has 0 fully saturated rings. The van der Waals surface area contributed by atoms with Gasteiger partial charge < -0.3 is 9.67 Å². The maximum absolute atomic E-state index is 10.5. The summed E-state index contributed by atoms with van der Waals surface area (Å²) in [6.45, 7) is 5.32. The van der Waals surface area contributed by atoms with Gasteiger partial charge in [-0.25, -0.2) is 4.98 Å². The molecule has 16 heavy (non-hydrogen) atoms. The number of hydrogen-bond acceptors (Lipinski definition) is 3. The monoisotopic (exact) mass is 242 g/mol. The van der Waals surface area contributed by atoms with Gasteiger partial charge in [0, 0.05) is 18.9 Å². The fraction of sp³-hybridized carbons (Fsp3) is 0.636. The van der Waals surface area contributed by atoms with Crippen molar-refractivity contribution in [2.45, 2.75) is 38.4 Å². The molecule has 0 radical (unpaired) electrons. The van der Waals surface area contributed by atoms with Crippen LogP contribution in [0.5, 0.6) is 0 Å². The smallest absolute Gasteiger partial charge is 0.313 e. The number of aryl methyl sites for hydroxylation is 1. The summed E-state index contributed by atoms with van der Waals surface area (Å²) < 4.78 is 2.02. The quantitative estimate of drug-likeness (QED) is 0.746. The van der Waals surface area contributed by atoms with Gasteiger partial charge in [-0.3, -0.25) is 4.79 Å². The molecule has 0 atom stereocenters. The molecule has 0 saturated carbocycles. The van der Waals surface area contributed by atoms with E-state index in [0.717, 1.165) is 18.1 Å². The van der Waals surface area contributed by atoms with Crippen molar-refractivity contribution in [2.24, 2.45) is 5.92 Å². The number of rotatable bonds is 7. The van der Waals surface area contributed by atoms with Crippen molar-refractivity contribution in [1.82, 2.24) is 9.55 Å². The highest BCUT2D eigenvalue weighted by molar-refractivity contribution is 7.99. The van der Waals surface area contributed by atoms with Crippen molar-refractivity contribution in [2.75, 3.05) is 5.75 Å². The summed E-state index contributed by atoms with van der Waals surface area (Å²) >= 11 is 1.27. The zero-order valence-corrected chi connectivity index (χ0v) is 10.5. The minimum absolute atomic E-state index is 0.0706. The normalized spacial score (nSPS) is 10.9. The Morgan fingerprint density at radius 2 is 2.38 bits per heavy atom. The molecule has 1 rings (SSSR count). The Balaban J connectivity index is 2.40. The lowest BCUT2D eigenvalue weighted by Crippen LogP contribution is -2.03. The van der Waals surface area contributed by atoms with Crippen LogP contribution in [0.1, 0.15) is 26.7 Å². The number of aromatic nitrogens is 2. The number of carboxylic acid groups (broad SMARTS) is 1. The van der Waals surface area contributed by atoms with Crippen molar-refractivity contribution < 1.29 is 9.90 Å². The summed E-state index contributed by atoms with van der Waals surface area (Å²) in [5, 5.41) is 9.39. The molecule has 90 valence electrons. The largest absolute Gasteiger partial charge is 0.481 e. The molecule has 0 unspecified atom stereocenters. The van der Waals surface area contributed by atoms with E-state index < -0.39 is 5.97 Å². The van der Waals surface area contributed by atoms with Gasteiger partial charge in [-0.2, -0.15) is 0 Å². The van der Waals surface area contributed by atoms with Crippen molar-refractivity contribution in [1.29, 1.82) is 0 Å². The lowest BCUT2D eigenvalue weighted by atomic mass is 10.1. The van der Waals surface area contributed by atoms with Crippen molar-refractivity contribution in [3.63, 3.8) is 0 Å². The van der Waals surface area contributed by atoms with Crippen LogP contribution < -0.4 is 0 Å². The van der Waals surface area contributed by atoms with Crippen LogP contribution >= 0.6 is 11.8 Å². The van der Waals surface area contributed by atoms with Crippen LogP contribution in [0.15, 0.2) is 17.6 Å². The van der Waals surface area contributed by atoms with E-state index >= 15 is 0 Å². The Morgan fingerprint density at radius 3 is 3.00 bits per heavy atom. The van der Waals surface area contributed by atoms with Gasteiger partial charge in [0.2, 0.25) is 0 Å². The van der Waals surface area contributed by atoms with Crippen molar-refractivity contribution >= 4 is 17.7 Å². The Labute approximate surface area is 100 Å². The van der Waals surface area contributed by atoms with E-state index in [9.17, 15) is 4.79 Å². The molecular formula is C11H18N2O2S. The van der Waals surface area contributed by atoms with Crippen LogP contribution in [0.25, 0.3) is 0 Å². The second-order valence-electron chi connectivity index (χ2n) is 4.12. The van der Waals surface area contributed by atoms with E-state index in [1.165, 1.54) is 18.2 Å². The summed E-state index contributed by atoms with van der Waals surface area (Å²) in [4.78, 5) is 14.6. The molecule has 1 heterocycles. The minimum Gasteiger partial charge on any atom is -0.481 e. The Kier molecular flexibility index (Phi) is 5.38. The average Bonchev–Trinajstić information content (AvgIpc) is 2.62. The standard InChI is InChI=1S/C11H18N2O2S/c1-9(2)4-3-6-13-7-5-12-11(13)16-8-10(14)15/h5,7,9H,3-4,6,8H2,1-2H3,(H,14,15). The highest BCUT2D eigenvalue weighted by Gasteiger charge is 2.06. The molecular weight excluding hydrogens is 224 g/mol. The predicted molar refractivity (Wildman–Crippen MR) is 64.7 cm³/mol. The number of hydrogen-bond donors (Lipinski definition) is 1. The van der Waals surface area contributed by atoms with E-state index in [-0.39, 0.29) is 5.75 Å². The minimum atomic E-state index is -0.804. The third-order valence-electron chi connectivity index (χ3n) is 2.18. The molecule has 0 aromatic carbocycles. The molecule has 1 aromatic heterocycles. The Bertz CT molecular complexity index is 336. The first-order chi connectivity index (χ1) is 7.59. The summed E-state index contributed by atoms with van der Waals surface area (Å²) in [7, 11) is 0. The van der Waals surface area contributed by atoms with E-state index in [4.69, 9.17) is 5.11 Å². The fourth-order valence-corrected chi connectivity index (χ4v) is 2.11. The number of aliphatic carboxylic acids is 1. The second kappa shape index (κ2) is 6.58. The lowest BCUT2D eigenvalue weighted by molar-refractivity contribution is -0.133.